The lowest BCUT2D eigenvalue weighted by atomic mass is 10.2. The molecule has 3 aromatic rings. The topological polar surface area (TPSA) is 76.5 Å². The Morgan fingerprint density at radius 3 is 2.95 bits per heavy atom. The number of aromatic nitrogens is 5. The number of carbonyl (C=O) groups excluding carboxylic acids is 1. The van der Waals surface area contributed by atoms with Crippen molar-refractivity contribution >= 4 is 28.9 Å². The minimum absolute atomic E-state index is 0.0762. The molecule has 0 radical (unpaired) electrons. The maximum absolute atomic E-state index is 12.4. The van der Waals surface area contributed by atoms with Gasteiger partial charge < -0.3 is 0 Å². The fourth-order valence-corrected chi connectivity index (χ4v) is 3.55. The number of nitrogens with zero attached hydrogens (tertiary/aromatic N) is 4. The van der Waals surface area contributed by atoms with Crippen LogP contribution in [0, 0.1) is 13.8 Å². The minimum Gasteiger partial charge on any atom is -0.294 e. The Bertz CT molecular complexity index is 746. The molecule has 3 heterocycles. The van der Waals surface area contributed by atoms with E-state index in [9.17, 15) is 4.79 Å². The van der Waals surface area contributed by atoms with E-state index in [0.29, 0.717) is 10.9 Å². The lowest BCUT2D eigenvalue weighted by molar-refractivity contribution is 0.102. The van der Waals surface area contributed by atoms with Crippen molar-refractivity contribution in [3.63, 3.8) is 0 Å². The molecule has 21 heavy (non-hydrogen) atoms. The van der Waals surface area contributed by atoms with Gasteiger partial charge in [0.25, 0.3) is 0 Å². The van der Waals surface area contributed by atoms with Crippen molar-refractivity contribution < 1.29 is 4.79 Å². The van der Waals surface area contributed by atoms with Crippen LogP contribution < -0.4 is 0 Å². The summed E-state index contributed by atoms with van der Waals surface area (Å²) in [6.45, 7) is 3.93. The third-order valence-electron chi connectivity index (χ3n) is 3.08. The van der Waals surface area contributed by atoms with E-state index in [-0.39, 0.29) is 5.78 Å². The van der Waals surface area contributed by atoms with Gasteiger partial charge in [0.05, 0.1) is 5.75 Å². The molecule has 3 aromatic heterocycles. The third kappa shape index (κ3) is 2.77. The summed E-state index contributed by atoms with van der Waals surface area (Å²) >= 11 is 2.90. The number of aryl methyl sites for hydroxylation is 1. The number of hydrogen-bond donors (Lipinski definition) is 1. The monoisotopic (exact) mass is 319 g/mol. The van der Waals surface area contributed by atoms with Gasteiger partial charge in [0.1, 0.15) is 6.33 Å². The van der Waals surface area contributed by atoms with Gasteiger partial charge in [-0.2, -0.15) is 5.10 Å². The Morgan fingerprint density at radius 2 is 2.29 bits per heavy atom. The predicted octanol–water partition coefficient (Wildman–Crippen LogP) is 2.64. The fraction of sp³-hybridized carbons (Fsp3) is 0.231. The first-order valence-electron chi connectivity index (χ1n) is 6.27. The maximum atomic E-state index is 12.4. The zero-order valence-electron chi connectivity index (χ0n) is 11.5. The van der Waals surface area contributed by atoms with Crippen molar-refractivity contribution in [1.82, 2.24) is 24.7 Å². The Balaban J connectivity index is 1.82. The standard InChI is InChI=1S/C13H13N5OS2/c1-8-5-10(9(2)18(8)13-14-3-4-20-13)11(19)6-21-12-15-7-16-17-12/h3-5,7H,6H2,1-2H3,(H,15,16,17). The second-order valence-corrected chi connectivity index (χ2v) is 6.27. The first-order valence-corrected chi connectivity index (χ1v) is 8.13. The van der Waals surface area contributed by atoms with E-state index in [1.54, 1.807) is 17.5 Å². The SMILES string of the molecule is Cc1cc(C(=O)CSc2ncn[nH]2)c(C)n1-c1nccs1. The first-order chi connectivity index (χ1) is 10.2. The number of thioether (sulfide) groups is 1. The molecule has 0 atom stereocenters. The molecule has 0 aliphatic rings. The van der Waals surface area contributed by atoms with E-state index in [1.807, 2.05) is 29.9 Å². The highest BCUT2D eigenvalue weighted by Gasteiger charge is 2.18. The molecule has 8 heteroatoms. The summed E-state index contributed by atoms with van der Waals surface area (Å²) in [4.78, 5) is 20.7. The van der Waals surface area contributed by atoms with Crippen molar-refractivity contribution in [2.75, 3.05) is 5.75 Å². The van der Waals surface area contributed by atoms with Gasteiger partial charge >= 0.3 is 0 Å². The number of ketones is 1. The number of carbonyl (C=O) groups is 1. The molecule has 3 rings (SSSR count). The minimum atomic E-state index is 0.0762. The molecular formula is C13H13N5OS2. The summed E-state index contributed by atoms with van der Waals surface area (Å²) < 4.78 is 2.01. The summed E-state index contributed by atoms with van der Waals surface area (Å²) in [5.74, 6) is 0.407. The van der Waals surface area contributed by atoms with E-state index in [1.165, 1.54) is 18.1 Å². The fourth-order valence-electron chi connectivity index (χ4n) is 2.14. The van der Waals surface area contributed by atoms with E-state index >= 15 is 0 Å². The van der Waals surface area contributed by atoms with Crippen LogP contribution in [-0.4, -0.2) is 36.3 Å². The van der Waals surface area contributed by atoms with E-state index in [0.717, 1.165) is 22.1 Å². The van der Waals surface area contributed by atoms with Crippen LogP contribution >= 0.6 is 23.1 Å². The largest absolute Gasteiger partial charge is 0.294 e. The summed E-state index contributed by atoms with van der Waals surface area (Å²) in [6.07, 6.45) is 3.20. The van der Waals surface area contributed by atoms with Crippen molar-refractivity contribution in [2.24, 2.45) is 0 Å². The highest BCUT2D eigenvalue weighted by Crippen LogP contribution is 2.24. The van der Waals surface area contributed by atoms with Crippen molar-refractivity contribution in [2.45, 2.75) is 19.0 Å². The average molecular weight is 319 g/mol. The Kier molecular flexibility index (Phi) is 3.89. The van der Waals surface area contributed by atoms with Crippen LogP contribution in [0.2, 0.25) is 0 Å². The van der Waals surface area contributed by atoms with Gasteiger partial charge in [-0.1, -0.05) is 11.8 Å². The molecule has 0 spiro atoms. The number of aromatic amines is 1. The van der Waals surface area contributed by atoms with E-state index in [4.69, 9.17) is 0 Å². The molecule has 0 bridgehead atoms. The normalized spacial score (nSPS) is 11.0. The first kappa shape index (κ1) is 14.0. The van der Waals surface area contributed by atoms with Crippen molar-refractivity contribution in [3.8, 4) is 5.13 Å². The number of Topliss-reactive ketones (excluding diaryl/α,β-unsaturated/α-hetero) is 1. The molecular weight excluding hydrogens is 306 g/mol. The summed E-state index contributed by atoms with van der Waals surface area (Å²) in [5.41, 5.74) is 2.66. The van der Waals surface area contributed by atoms with Crippen LogP contribution in [0.5, 0.6) is 0 Å². The van der Waals surface area contributed by atoms with Crippen LogP contribution in [-0.2, 0) is 0 Å². The summed E-state index contributed by atoms with van der Waals surface area (Å²) in [6, 6.07) is 1.92. The van der Waals surface area contributed by atoms with Gasteiger partial charge in [0.15, 0.2) is 16.1 Å². The van der Waals surface area contributed by atoms with Crippen LogP contribution in [0.15, 0.2) is 29.1 Å². The number of rotatable bonds is 5. The third-order valence-corrected chi connectivity index (χ3v) is 4.71. The molecule has 0 fully saturated rings. The maximum Gasteiger partial charge on any atom is 0.193 e. The van der Waals surface area contributed by atoms with Crippen LogP contribution in [0.4, 0.5) is 0 Å². The second kappa shape index (κ2) is 5.82. The Hall–Kier alpha value is -1.93. The highest BCUT2D eigenvalue weighted by molar-refractivity contribution is 7.99. The molecule has 108 valence electrons. The van der Waals surface area contributed by atoms with Gasteiger partial charge in [0.2, 0.25) is 0 Å². The van der Waals surface area contributed by atoms with Crippen LogP contribution in [0.25, 0.3) is 5.13 Å². The number of H-pyrrole nitrogens is 1. The number of thiazole rings is 1. The molecule has 0 saturated heterocycles. The highest BCUT2D eigenvalue weighted by atomic mass is 32.2. The molecule has 0 unspecified atom stereocenters. The molecule has 0 saturated carbocycles. The predicted molar refractivity (Wildman–Crippen MR) is 82.4 cm³/mol. The zero-order chi connectivity index (χ0) is 14.8. The molecule has 0 amide bonds. The molecule has 6 nitrogen and oxygen atoms in total. The summed E-state index contributed by atoms with van der Waals surface area (Å²) in [5, 5.41) is 9.95. The number of nitrogens with one attached hydrogen (secondary N) is 1. The molecule has 0 aliphatic carbocycles. The molecule has 0 aliphatic heterocycles. The van der Waals surface area contributed by atoms with Gasteiger partial charge in [-0.15, -0.1) is 11.3 Å². The summed E-state index contributed by atoms with van der Waals surface area (Å²) in [7, 11) is 0. The van der Waals surface area contributed by atoms with Gasteiger partial charge in [-0.3, -0.25) is 14.5 Å². The second-order valence-electron chi connectivity index (χ2n) is 4.44. The van der Waals surface area contributed by atoms with E-state index in [2.05, 4.69) is 20.2 Å². The zero-order valence-corrected chi connectivity index (χ0v) is 13.2. The van der Waals surface area contributed by atoms with Crippen molar-refractivity contribution in [1.29, 1.82) is 0 Å². The Morgan fingerprint density at radius 1 is 1.43 bits per heavy atom. The lowest BCUT2D eigenvalue weighted by Gasteiger charge is -2.05. The lowest BCUT2D eigenvalue weighted by Crippen LogP contribution is -2.05. The van der Waals surface area contributed by atoms with Gasteiger partial charge in [-0.25, -0.2) is 9.97 Å². The Labute approximate surface area is 129 Å². The number of hydrogen-bond acceptors (Lipinski definition) is 6. The van der Waals surface area contributed by atoms with Crippen molar-refractivity contribution in [3.05, 3.63) is 40.9 Å². The average Bonchev–Trinajstić information content (AvgIpc) is 3.18. The van der Waals surface area contributed by atoms with Gasteiger partial charge in [-0.05, 0) is 19.9 Å². The van der Waals surface area contributed by atoms with Crippen LogP contribution in [0.3, 0.4) is 0 Å². The molecule has 1 N–H and O–H groups in total. The van der Waals surface area contributed by atoms with E-state index < -0.39 is 0 Å². The quantitative estimate of drug-likeness (QED) is 0.578. The van der Waals surface area contributed by atoms with Gasteiger partial charge in [0, 0.05) is 28.5 Å². The molecule has 0 aromatic carbocycles. The van der Waals surface area contributed by atoms with Crippen LogP contribution in [0.1, 0.15) is 21.7 Å². The smallest absolute Gasteiger partial charge is 0.193 e.